The van der Waals surface area contributed by atoms with Gasteiger partial charge in [-0.15, -0.1) is 0 Å². The Morgan fingerprint density at radius 3 is 1.62 bits per heavy atom. The molecule has 0 radical (unpaired) electrons. The molecular formula is C52H32IN3. The van der Waals surface area contributed by atoms with Gasteiger partial charge in [-0.25, -0.2) is 4.98 Å². The predicted molar refractivity (Wildman–Crippen MR) is 243 cm³/mol. The van der Waals surface area contributed by atoms with Crippen molar-refractivity contribution in [3.05, 3.63) is 198 Å². The van der Waals surface area contributed by atoms with E-state index in [1.807, 2.05) is 6.20 Å². The summed E-state index contributed by atoms with van der Waals surface area (Å²) in [5.74, 6) is 0. The number of rotatable bonds is 5. The monoisotopic (exact) mass is 825 g/mol. The highest BCUT2D eigenvalue weighted by Crippen LogP contribution is 2.40. The van der Waals surface area contributed by atoms with Gasteiger partial charge in [0.2, 0.25) is 0 Å². The molecule has 56 heavy (non-hydrogen) atoms. The predicted octanol–water partition coefficient (Wildman–Crippen LogP) is 14.3. The van der Waals surface area contributed by atoms with Crippen LogP contribution in [0.25, 0.3) is 105 Å². The molecule has 262 valence electrons. The lowest BCUT2D eigenvalue weighted by atomic mass is 9.96. The summed E-state index contributed by atoms with van der Waals surface area (Å²) in [5.41, 5.74) is 14.6. The number of halogens is 1. The average molecular weight is 826 g/mol. The molecule has 0 amide bonds. The number of aromatic nitrogens is 3. The molecule has 0 fully saturated rings. The lowest BCUT2D eigenvalue weighted by Crippen LogP contribution is -1.93. The van der Waals surface area contributed by atoms with Crippen LogP contribution in [0.1, 0.15) is 0 Å². The third kappa shape index (κ3) is 5.32. The largest absolute Gasteiger partial charge is 0.309 e. The van der Waals surface area contributed by atoms with Crippen molar-refractivity contribution in [2.75, 3.05) is 0 Å². The first-order valence-corrected chi connectivity index (χ1v) is 19.9. The Morgan fingerprint density at radius 1 is 0.393 bits per heavy atom. The summed E-state index contributed by atoms with van der Waals surface area (Å²) < 4.78 is 3.64. The Balaban J connectivity index is 0.901. The number of para-hydroxylation sites is 2. The van der Waals surface area contributed by atoms with Crippen molar-refractivity contribution in [1.82, 2.24) is 14.5 Å². The molecule has 11 aromatic rings. The molecule has 0 atom stereocenters. The fraction of sp³-hybridized carbons (Fsp3) is 0. The second-order valence-corrected chi connectivity index (χ2v) is 15.4. The third-order valence-electron chi connectivity index (χ3n) is 11.1. The van der Waals surface area contributed by atoms with E-state index in [0.29, 0.717) is 0 Å². The van der Waals surface area contributed by atoms with E-state index in [4.69, 9.17) is 9.97 Å². The summed E-state index contributed by atoms with van der Waals surface area (Å²) in [5, 5.41) is 7.22. The maximum absolute atomic E-state index is 5.19. The lowest BCUT2D eigenvalue weighted by Gasteiger charge is -2.11. The van der Waals surface area contributed by atoms with E-state index in [9.17, 15) is 0 Å². The average Bonchev–Trinajstić information content (AvgIpc) is 3.62. The smallest absolute Gasteiger partial charge is 0.0979 e. The molecule has 3 nitrogen and oxygen atoms in total. The summed E-state index contributed by atoms with van der Waals surface area (Å²) in [6.07, 6.45) is 1.91. The van der Waals surface area contributed by atoms with Crippen LogP contribution in [0.4, 0.5) is 0 Å². The van der Waals surface area contributed by atoms with E-state index in [-0.39, 0.29) is 0 Å². The van der Waals surface area contributed by atoms with Crippen molar-refractivity contribution < 1.29 is 0 Å². The maximum Gasteiger partial charge on any atom is 0.0979 e. The Labute approximate surface area is 337 Å². The van der Waals surface area contributed by atoms with Gasteiger partial charge < -0.3 is 4.57 Å². The second kappa shape index (κ2) is 13.3. The quantitative estimate of drug-likeness (QED) is 0.128. The number of nitrogens with zero attached hydrogens (tertiary/aromatic N) is 3. The fourth-order valence-electron chi connectivity index (χ4n) is 8.41. The third-order valence-corrected chi connectivity index (χ3v) is 12.2. The van der Waals surface area contributed by atoms with Crippen LogP contribution in [0.15, 0.2) is 194 Å². The summed E-state index contributed by atoms with van der Waals surface area (Å²) in [6.45, 7) is 0. The van der Waals surface area contributed by atoms with Gasteiger partial charge in [-0.2, -0.15) is 0 Å². The summed E-state index contributed by atoms with van der Waals surface area (Å²) in [7, 11) is 0. The van der Waals surface area contributed by atoms with Crippen molar-refractivity contribution in [3.8, 4) is 50.3 Å². The molecule has 2 aromatic heterocycles. The van der Waals surface area contributed by atoms with E-state index in [1.54, 1.807) is 0 Å². The van der Waals surface area contributed by atoms with E-state index in [0.717, 1.165) is 38.6 Å². The maximum atomic E-state index is 5.19. The topological polar surface area (TPSA) is 30.7 Å². The highest BCUT2D eigenvalue weighted by Gasteiger charge is 2.18. The van der Waals surface area contributed by atoms with Crippen molar-refractivity contribution >= 4 is 77.0 Å². The van der Waals surface area contributed by atoms with Gasteiger partial charge in [-0.05, 0) is 97.1 Å². The lowest BCUT2D eigenvalue weighted by molar-refractivity contribution is 1.18. The van der Waals surface area contributed by atoms with Gasteiger partial charge in [0.05, 0.1) is 34.0 Å². The zero-order chi connectivity index (χ0) is 37.2. The number of fused-ring (bicyclic) bond motifs is 9. The molecule has 0 aliphatic carbocycles. The fourth-order valence-corrected chi connectivity index (χ4v) is 9.47. The van der Waals surface area contributed by atoms with Crippen LogP contribution in [0.5, 0.6) is 0 Å². The van der Waals surface area contributed by atoms with Gasteiger partial charge in [0, 0.05) is 36.4 Å². The number of benzene rings is 9. The van der Waals surface area contributed by atoms with Crippen LogP contribution in [-0.2, 0) is 0 Å². The molecule has 11 rings (SSSR count). The number of hydrogen-bond acceptors (Lipinski definition) is 2. The van der Waals surface area contributed by atoms with Crippen LogP contribution in [-0.4, -0.2) is 14.5 Å². The van der Waals surface area contributed by atoms with Crippen LogP contribution in [0, 0.1) is 3.57 Å². The Hall–Kier alpha value is -6.63. The normalized spacial score (nSPS) is 11.7. The molecule has 4 heteroatoms. The van der Waals surface area contributed by atoms with Gasteiger partial charge in [0.1, 0.15) is 0 Å². The molecule has 0 saturated heterocycles. The molecule has 2 heterocycles. The van der Waals surface area contributed by atoms with E-state index >= 15 is 0 Å². The van der Waals surface area contributed by atoms with Gasteiger partial charge in [-0.1, -0.05) is 158 Å². The van der Waals surface area contributed by atoms with Crippen molar-refractivity contribution in [2.45, 2.75) is 0 Å². The minimum absolute atomic E-state index is 0.870. The van der Waals surface area contributed by atoms with E-state index in [1.165, 1.54) is 69.7 Å². The van der Waals surface area contributed by atoms with Gasteiger partial charge in [-0.3, -0.25) is 4.98 Å². The highest BCUT2D eigenvalue weighted by molar-refractivity contribution is 14.1. The van der Waals surface area contributed by atoms with Gasteiger partial charge >= 0.3 is 0 Å². The molecular weight excluding hydrogens is 793 g/mol. The molecule has 0 saturated carbocycles. The molecule has 0 aliphatic heterocycles. The van der Waals surface area contributed by atoms with Gasteiger partial charge in [0.25, 0.3) is 0 Å². The molecule has 0 unspecified atom stereocenters. The SMILES string of the molecule is Ic1c(-c2ccc(-c3cccc(-c4ccc(-c5cnc6c7ccccc7c7ccccc7c6n5)cc4)c3)cc2)ccc2c1c1ccccc1n2-c1ccccc1. The van der Waals surface area contributed by atoms with Crippen molar-refractivity contribution in [2.24, 2.45) is 0 Å². The highest BCUT2D eigenvalue weighted by atomic mass is 127. The zero-order valence-electron chi connectivity index (χ0n) is 30.2. The first-order valence-electron chi connectivity index (χ1n) is 18.8. The molecule has 0 N–H and O–H groups in total. The molecule has 0 bridgehead atoms. The summed E-state index contributed by atoms with van der Waals surface area (Å²) in [6, 6.07) is 67.4. The minimum Gasteiger partial charge on any atom is -0.309 e. The molecule has 9 aromatic carbocycles. The van der Waals surface area contributed by atoms with Crippen LogP contribution in [0.3, 0.4) is 0 Å². The summed E-state index contributed by atoms with van der Waals surface area (Å²) >= 11 is 2.55. The number of hydrogen-bond donors (Lipinski definition) is 0. The van der Waals surface area contributed by atoms with E-state index in [2.05, 4.69) is 215 Å². The van der Waals surface area contributed by atoms with Gasteiger partial charge in [0.15, 0.2) is 0 Å². The standard InChI is InChI=1S/C52H32IN3/c53-50-40(29-30-48-49(50)45-19-8-9-20-47(45)56(48)39-13-2-1-3-14-39)35-25-21-33(22-26-35)37-11-10-12-38(31-37)34-23-27-36(28-24-34)46-32-54-51-43-17-6-4-15-41(43)42-16-5-7-18-44(42)52(51)55-46/h1-32H. The van der Waals surface area contributed by atoms with Crippen molar-refractivity contribution in [1.29, 1.82) is 0 Å². The molecule has 0 aliphatic rings. The first-order chi connectivity index (χ1) is 27.7. The molecule has 0 spiro atoms. The zero-order valence-corrected chi connectivity index (χ0v) is 32.4. The van der Waals surface area contributed by atoms with Crippen LogP contribution in [0.2, 0.25) is 0 Å². The Kier molecular flexibility index (Phi) is 7.78. The van der Waals surface area contributed by atoms with Crippen molar-refractivity contribution in [3.63, 3.8) is 0 Å². The second-order valence-electron chi connectivity index (χ2n) is 14.3. The van der Waals surface area contributed by atoms with Crippen LogP contribution < -0.4 is 0 Å². The Morgan fingerprint density at radius 2 is 0.946 bits per heavy atom. The Bertz CT molecular complexity index is 3260. The van der Waals surface area contributed by atoms with Crippen LogP contribution >= 0.6 is 22.6 Å². The summed E-state index contributed by atoms with van der Waals surface area (Å²) in [4.78, 5) is 10.2. The minimum atomic E-state index is 0.870. The first kappa shape index (κ1) is 32.8. The van der Waals surface area contributed by atoms with E-state index < -0.39 is 0 Å².